The summed E-state index contributed by atoms with van der Waals surface area (Å²) in [5.41, 5.74) is 3.29. The van der Waals surface area contributed by atoms with Gasteiger partial charge in [0.05, 0.1) is 4.88 Å². The lowest BCUT2D eigenvalue weighted by molar-refractivity contribution is 0.0954. The Morgan fingerprint density at radius 3 is 2.42 bits per heavy atom. The third kappa shape index (κ3) is 3.35. The number of carbonyl (C=O) groups is 1. The molecule has 1 amide bonds. The van der Waals surface area contributed by atoms with Crippen LogP contribution in [0, 0.1) is 6.92 Å². The van der Waals surface area contributed by atoms with Crippen LogP contribution >= 0.6 is 11.3 Å². The molecule has 4 heteroatoms. The zero-order chi connectivity index (χ0) is 13.8. The van der Waals surface area contributed by atoms with Crippen molar-refractivity contribution in [1.29, 1.82) is 0 Å². The van der Waals surface area contributed by atoms with E-state index < -0.39 is 0 Å². The Morgan fingerprint density at radius 1 is 1.21 bits per heavy atom. The van der Waals surface area contributed by atoms with Crippen molar-refractivity contribution < 1.29 is 4.79 Å². The molecule has 100 valence electrons. The summed E-state index contributed by atoms with van der Waals surface area (Å²) in [5.74, 6) is 0.00388. The second kappa shape index (κ2) is 5.89. The van der Waals surface area contributed by atoms with Crippen molar-refractivity contribution in [3.05, 3.63) is 51.7 Å². The summed E-state index contributed by atoms with van der Waals surface area (Å²) in [7, 11) is 4.02. The molecule has 0 fully saturated rings. The molecule has 0 aliphatic rings. The molecule has 0 aliphatic carbocycles. The second-order valence-corrected chi connectivity index (χ2v) is 5.59. The van der Waals surface area contributed by atoms with Crippen molar-refractivity contribution in [2.24, 2.45) is 0 Å². The zero-order valence-electron chi connectivity index (χ0n) is 11.4. The van der Waals surface area contributed by atoms with Gasteiger partial charge >= 0.3 is 0 Å². The summed E-state index contributed by atoms with van der Waals surface area (Å²) in [6, 6.07) is 10.1. The van der Waals surface area contributed by atoms with Gasteiger partial charge < -0.3 is 10.2 Å². The number of aryl methyl sites for hydroxylation is 1. The van der Waals surface area contributed by atoms with Crippen LogP contribution in [0.1, 0.15) is 20.8 Å². The highest BCUT2D eigenvalue weighted by atomic mass is 32.1. The number of nitrogens with one attached hydrogen (secondary N) is 1. The molecular weight excluding hydrogens is 256 g/mol. The molecule has 19 heavy (non-hydrogen) atoms. The Balaban J connectivity index is 1.95. The normalized spacial score (nSPS) is 10.3. The minimum Gasteiger partial charge on any atom is -0.378 e. The van der Waals surface area contributed by atoms with Crippen LogP contribution in [0.4, 0.5) is 5.69 Å². The molecule has 0 saturated heterocycles. The summed E-state index contributed by atoms with van der Waals surface area (Å²) in [6.07, 6.45) is 0. The van der Waals surface area contributed by atoms with Crippen LogP contribution in [0.25, 0.3) is 0 Å². The van der Waals surface area contributed by atoms with E-state index in [0.29, 0.717) is 6.54 Å². The van der Waals surface area contributed by atoms with E-state index in [1.807, 2.05) is 44.6 Å². The van der Waals surface area contributed by atoms with Crippen molar-refractivity contribution in [1.82, 2.24) is 5.32 Å². The van der Waals surface area contributed by atoms with Gasteiger partial charge in [-0.3, -0.25) is 4.79 Å². The largest absolute Gasteiger partial charge is 0.378 e. The van der Waals surface area contributed by atoms with Gasteiger partial charge in [-0.15, -0.1) is 11.3 Å². The number of thiophene rings is 1. The smallest absolute Gasteiger partial charge is 0.261 e. The van der Waals surface area contributed by atoms with Crippen molar-refractivity contribution in [2.45, 2.75) is 13.5 Å². The molecular formula is C15H18N2OS. The summed E-state index contributed by atoms with van der Waals surface area (Å²) >= 11 is 1.48. The SMILES string of the molecule is Cc1ccsc1C(=O)NCc1ccc(N(C)C)cc1. The maximum atomic E-state index is 12.0. The standard InChI is InChI=1S/C15H18N2OS/c1-11-8-9-19-14(11)15(18)16-10-12-4-6-13(7-5-12)17(2)3/h4-9H,10H2,1-3H3,(H,16,18). The minimum atomic E-state index is 0.00388. The van der Waals surface area contributed by atoms with Crippen molar-refractivity contribution in [3.63, 3.8) is 0 Å². The molecule has 1 aromatic carbocycles. The van der Waals surface area contributed by atoms with Crippen molar-refractivity contribution >= 4 is 22.9 Å². The number of carbonyl (C=O) groups excluding carboxylic acids is 1. The predicted octanol–water partition coefficient (Wildman–Crippen LogP) is 3.05. The lowest BCUT2D eigenvalue weighted by Crippen LogP contribution is -2.22. The van der Waals surface area contributed by atoms with Crippen LogP contribution in [0.2, 0.25) is 0 Å². The highest BCUT2D eigenvalue weighted by Gasteiger charge is 2.09. The number of benzene rings is 1. The average Bonchev–Trinajstić information content (AvgIpc) is 2.83. The Labute approximate surface area is 117 Å². The van der Waals surface area contributed by atoms with Gasteiger partial charge in [0.25, 0.3) is 5.91 Å². The number of hydrogen-bond acceptors (Lipinski definition) is 3. The first kappa shape index (κ1) is 13.6. The lowest BCUT2D eigenvalue weighted by atomic mass is 10.2. The fourth-order valence-electron chi connectivity index (χ4n) is 1.78. The molecule has 1 N–H and O–H groups in total. The Kier molecular flexibility index (Phi) is 4.22. The van der Waals surface area contributed by atoms with Gasteiger partial charge in [0.2, 0.25) is 0 Å². The van der Waals surface area contributed by atoms with E-state index in [4.69, 9.17) is 0 Å². The van der Waals surface area contributed by atoms with Gasteiger partial charge in [-0.2, -0.15) is 0 Å². The van der Waals surface area contributed by atoms with Gasteiger partial charge in [0.15, 0.2) is 0 Å². The van der Waals surface area contributed by atoms with Gasteiger partial charge in [0, 0.05) is 26.3 Å². The Bertz CT molecular complexity index is 558. The maximum Gasteiger partial charge on any atom is 0.261 e. The third-order valence-electron chi connectivity index (χ3n) is 2.97. The minimum absolute atomic E-state index is 0.00388. The Morgan fingerprint density at radius 2 is 1.89 bits per heavy atom. The average molecular weight is 274 g/mol. The van der Waals surface area contributed by atoms with E-state index in [2.05, 4.69) is 22.3 Å². The molecule has 1 aromatic heterocycles. The number of rotatable bonds is 4. The summed E-state index contributed by atoms with van der Waals surface area (Å²) in [5, 5.41) is 4.89. The van der Waals surface area contributed by atoms with Crippen molar-refractivity contribution in [2.75, 3.05) is 19.0 Å². The fraction of sp³-hybridized carbons (Fsp3) is 0.267. The van der Waals surface area contributed by atoms with E-state index in [1.165, 1.54) is 11.3 Å². The summed E-state index contributed by atoms with van der Waals surface area (Å²) in [6.45, 7) is 2.52. The van der Waals surface area contributed by atoms with E-state index in [9.17, 15) is 4.79 Å². The molecule has 0 spiro atoms. The number of nitrogens with zero attached hydrogens (tertiary/aromatic N) is 1. The maximum absolute atomic E-state index is 12.0. The molecule has 2 aromatic rings. The first-order valence-electron chi connectivity index (χ1n) is 6.16. The summed E-state index contributed by atoms with van der Waals surface area (Å²) in [4.78, 5) is 14.8. The quantitative estimate of drug-likeness (QED) is 0.929. The van der Waals surface area contributed by atoms with Crippen LogP contribution in [0.3, 0.4) is 0 Å². The van der Waals surface area contributed by atoms with E-state index in [0.717, 1.165) is 21.7 Å². The molecule has 0 saturated carbocycles. The van der Waals surface area contributed by atoms with Gasteiger partial charge in [0.1, 0.15) is 0 Å². The monoisotopic (exact) mass is 274 g/mol. The lowest BCUT2D eigenvalue weighted by Gasteiger charge is -2.12. The molecule has 1 heterocycles. The zero-order valence-corrected chi connectivity index (χ0v) is 12.3. The summed E-state index contributed by atoms with van der Waals surface area (Å²) < 4.78 is 0. The first-order chi connectivity index (χ1) is 9.08. The molecule has 0 unspecified atom stereocenters. The highest BCUT2D eigenvalue weighted by Crippen LogP contribution is 2.16. The molecule has 0 aliphatic heterocycles. The first-order valence-corrected chi connectivity index (χ1v) is 7.04. The van der Waals surface area contributed by atoms with Crippen LogP contribution in [0.15, 0.2) is 35.7 Å². The highest BCUT2D eigenvalue weighted by molar-refractivity contribution is 7.12. The second-order valence-electron chi connectivity index (χ2n) is 4.68. The van der Waals surface area contributed by atoms with Crippen LogP contribution in [0.5, 0.6) is 0 Å². The third-order valence-corrected chi connectivity index (χ3v) is 3.99. The Hall–Kier alpha value is -1.81. The fourth-order valence-corrected chi connectivity index (χ4v) is 2.62. The van der Waals surface area contributed by atoms with E-state index >= 15 is 0 Å². The topological polar surface area (TPSA) is 32.3 Å². The van der Waals surface area contributed by atoms with Gasteiger partial charge in [-0.05, 0) is 41.6 Å². The predicted molar refractivity (Wildman–Crippen MR) is 81.0 cm³/mol. The molecule has 0 bridgehead atoms. The molecule has 3 nitrogen and oxygen atoms in total. The number of amides is 1. The van der Waals surface area contributed by atoms with E-state index in [1.54, 1.807) is 0 Å². The van der Waals surface area contributed by atoms with E-state index in [-0.39, 0.29) is 5.91 Å². The molecule has 0 atom stereocenters. The van der Waals surface area contributed by atoms with Crippen LogP contribution in [-0.2, 0) is 6.54 Å². The molecule has 0 radical (unpaired) electrons. The van der Waals surface area contributed by atoms with Gasteiger partial charge in [-0.1, -0.05) is 12.1 Å². The van der Waals surface area contributed by atoms with Crippen molar-refractivity contribution in [3.8, 4) is 0 Å². The number of anilines is 1. The van der Waals surface area contributed by atoms with Crippen LogP contribution < -0.4 is 10.2 Å². The van der Waals surface area contributed by atoms with Crippen LogP contribution in [-0.4, -0.2) is 20.0 Å². The molecule has 2 rings (SSSR count). The van der Waals surface area contributed by atoms with Gasteiger partial charge in [-0.25, -0.2) is 0 Å². The number of hydrogen-bond donors (Lipinski definition) is 1.